The molecule has 0 bridgehead atoms. The number of rotatable bonds is 5. The molecule has 2 heterocycles. The van der Waals surface area contributed by atoms with Crippen molar-refractivity contribution in [3.8, 4) is 0 Å². The van der Waals surface area contributed by atoms with Gasteiger partial charge in [-0.3, -0.25) is 9.59 Å². The van der Waals surface area contributed by atoms with Gasteiger partial charge in [-0.15, -0.1) is 5.10 Å². The second-order valence-electron chi connectivity index (χ2n) is 6.07. The second-order valence-corrected chi connectivity index (χ2v) is 6.50. The van der Waals surface area contributed by atoms with E-state index >= 15 is 0 Å². The molecular weight excluding hydrogens is 356 g/mol. The van der Waals surface area contributed by atoms with Crippen molar-refractivity contribution in [2.45, 2.75) is 25.8 Å². The van der Waals surface area contributed by atoms with Crippen LogP contribution in [0.4, 0.5) is 5.69 Å². The van der Waals surface area contributed by atoms with Gasteiger partial charge in [0.05, 0.1) is 23.5 Å². The van der Waals surface area contributed by atoms with Crippen molar-refractivity contribution in [1.82, 2.24) is 25.6 Å². The smallest absolute Gasteiger partial charge is 0.277 e. The molecule has 3 N–H and O–H groups in total. The number of nitrogens with zero attached hydrogens (tertiary/aromatic N) is 3. The standard InChI is InChI=1S/C17H21ClN6O2/c1-2-20-16(25)13-4-3-11(18)9-14(13)21-17(26)15-10-24(23-22-15)12-5-7-19-8-6-12/h3-4,9-10,12,19H,2,5-8H2,1H3,(H,20,25)(H,21,26). The third kappa shape index (κ3) is 4.20. The number of hydrogen-bond donors (Lipinski definition) is 3. The SMILES string of the molecule is CCNC(=O)c1ccc(Cl)cc1NC(=O)c1cn(C2CCNCC2)nn1. The zero-order valence-corrected chi connectivity index (χ0v) is 15.2. The quantitative estimate of drug-likeness (QED) is 0.739. The minimum atomic E-state index is -0.432. The highest BCUT2D eigenvalue weighted by molar-refractivity contribution is 6.31. The molecule has 26 heavy (non-hydrogen) atoms. The molecule has 0 aliphatic carbocycles. The number of carbonyl (C=O) groups excluding carboxylic acids is 2. The molecule has 0 atom stereocenters. The molecule has 0 radical (unpaired) electrons. The van der Waals surface area contributed by atoms with Crippen LogP contribution in [-0.2, 0) is 0 Å². The van der Waals surface area contributed by atoms with Gasteiger partial charge in [-0.2, -0.15) is 0 Å². The van der Waals surface area contributed by atoms with Gasteiger partial charge in [0.15, 0.2) is 5.69 Å². The van der Waals surface area contributed by atoms with Crippen LogP contribution in [0.1, 0.15) is 46.7 Å². The Morgan fingerprint density at radius 1 is 1.31 bits per heavy atom. The Labute approximate surface area is 156 Å². The fraction of sp³-hybridized carbons (Fsp3) is 0.412. The summed E-state index contributed by atoms with van der Waals surface area (Å²) < 4.78 is 1.73. The van der Waals surface area contributed by atoms with Crippen LogP contribution in [0.15, 0.2) is 24.4 Å². The molecule has 8 nitrogen and oxygen atoms in total. The van der Waals surface area contributed by atoms with E-state index in [1.54, 1.807) is 29.1 Å². The van der Waals surface area contributed by atoms with E-state index in [-0.39, 0.29) is 17.6 Å². The Balaban J connectivity index is 1.76. The highest BCUT2D eigenvalue weighted by Gasteiger charge is 2.20. The second kappa shape index (κ2) is 8.29. The predicted octanol–water partition coefficient (Wildman–Crippen LogP) is 1.86. The average Bonchev–Trinajstić information content (AvgIpc) is 3.13. The van der Waals surface area contributed by atoms with Crippen LogP contribution >= 0.6 is 11.6 Å². The summed E-state index contributed by atoms with van der Waals surface area (Å²) in [5.41, 5.74) is 0.880. The number of nitrogens with one attached hydrogen (secondary N) is 3. The minimum Gasteiger partial charge on any atom is -0.352 e. The minimum absolute atomic E-state index is 0.199. The van der Waals surface area contributed by atoms with E-state index in [1.807, 2.05) is 6.92 Å². The summed E-state index contributed by atoms with van der Waals surface area (Å²) in [7, 11) is 0. The third-order valence-electron chi connectivity index (χ3n) is 4.24. The first kappa shape index (κ1) is 18.3. The molecule has 2 amide bonds. The van der Waals surface area contributed by atoms with Crippen LogP contribution in [0, 0.1) is 0 Å². The topological polar surface area (TPSA) is 101 Å². The van der Waals surface area contributed by atoms with Crippen molar-refractivity contribution in [2.24, 2.45) is 0 Å². The summed E-state index contributed by atoms with van der Waals surface area (Å²) in [6.07, 6.45) is 3.53. The zero-order chi connectivity index (χ0) is 18.5. The number of piperidine rings is 1. The van der Waals surface area contributed by atoms with E-state index in [0.29, 0.717) is 22.8 Å². The van der Waals surface area contributed by atoms with Crippen LogP contribution in [0.25, 0.3) is 0 Å². The van der Waals surface area contributed by atoms with E-state index in [0.717, 1.165) is 25.9 Å². The lowest BCUT2D eigenvalue weighted by Gasteiger charge is -2.22. The largest absolute Gasteiger partial charge is 0.352 e. The molecule has 138 valence electrons. The molecule has 0 spiro atoms. The maximum atomic E-state index is 12.5. The van der Waals surface area contributed by atoms with Crippen molar-refractivity contribution in [2.75, 3.05) is 25.0 Å². The summed E-state index contributed by atoms with van der Waals surface area (Å²) in [5.74, 6) is -0.712. The van der Waals surface area contributed by atoms with Gasteiger partial charge < -0.3 is 16.0 Å². The van der Waals surface area contributed by atoms with Gasteiger partial charge in [-0.1, -0.05) is 16.8 Å². The highest BCUT2D eigenvalue weighted by atomic mass is 35.5. The van der Waals surface area contributed by atoms with Crippen molar-refractivity contribution < 1.29 is 9.59 Å². The number of aromatic nitrogens is 3. The van der Waals surface area contributed by atoms with Gasteiger partial charge >= 0.3 is 0 Å². The fourth-order valence-electron chi connectivity index (χ4n) is 2.89. The van der Waals surface area contributed by atoms with Gasteiger partial charge in [-0.05, 0) is 51.1 Å². The number of anilines is 1. The fourth-order valence-corrected chi connectivity index (χ4v) is 3.06. The van der Waals surface area contributed by atoms with Gasteiger partial charge in [0, 0.05) is 11.6 Å². The lowest BCUT2D eigenvalue weighted by Crippen LogP contribution is -2.29. The van der Waals surface area contributed by atoms with Gasteiger partial charge in [0.25, 0.3) is 11.8 Å². The summed E-state index contributed by atoms with van der Waals surface area (Å²) in [5, 5.41) is 17.2. The van der Waals surface area contributed by atoms with Gasteiger partial charge in [0.1, 0.15) is 0 Å². The van der Waals surface area contributed by atoms with E-state index in [1.165, 1.54) is 0 Å². The van der Waals surface area contributed by atoms with Crippen molar-refractivity contribution in [1.29, 1.82) is 0 Å². The third-order valence-corrected chi connectivity index (χ3v) is 4.47. The molecule has 1 saturated heterocycles. The molecule has 1 aliphatic heterocycles. The molecule has 2 aromatic rings. The lowest BCUT2D eigenvalue weighted by atomic mass is 10.1. The average molecular weight is 377 g/mol. The lowest BCUT2D eigenvalue weighted by molar-refractivity contribution is 0.0956. The number of benzene rings is 1. The predicted molar refractivity (Wildman–Crippen MR) is 98.6 cm³/mol. The van der Waals surface area contributed by atoms with Crippen LogP contribution in [0.3, 0.4) is 0 Å². The number of amides is 2. The van der Waals surface area contributed by atoms with Crippen LogP contribution < -0.4 is 16.0 Å². The van der Waals surface area contributed by atoms with E-state index in [9.17, 15) is 9.59 Å². The Morgan fingerprint density at radius 2 is 2.08 bits per heavy atom. The van der Waals surface area contributed by atoms with E-state index in [4.69, 9.17) is 11.6 Å². The number of halogens is 1. The summed E-state index contributed by atoms with van der Waals surface area (Å²) in [4.78, 5) is 24.7. The molecular formula is C17H21ClN6O2. The van der Waals surface area contributed by atoms with Crippen molar-refractivity contribution in [3.63, 3.8) is 0 Å². The summed E-state index contributed by atoms with van der Waals surface area (Å²) in [6, 6.07) is 4.97. The van der Waals surface area contributed by atoms with Crippen molar-refractivity contribution >= 4 is 29.1 Å². The molecule has 9 heteroatoms. The number of hydrogen-bond acceptors (Lipinski definition) is 5. The highest BCUT2D eigenvalue weighted by Crippen LogP contribution is 2.22. The monoisotopic (exact) mass is 376 g/mol. The maximum absolute atomic E-state index is 12.5. The zero-order valence-electron chi connectivity index (χ0n) is 14.5. The Bertz CT molecular complexity index is 800. The van der Waals surface area contributed by atoms with Crippen molar-refractivity contribution in [3.05, 3.63) is 40.7 Å². The molecule has 0 saturated carbocycles. The summed E-state index contributed by atoms with van der Waals surface area (Å²) >= 11 is 6.01. The molecule has 3 rings (SSSR count). The maximum Gasteiger partial charge on any atom is 0.277 e. The summed E-state index contributed by atoms with van der Waals surface area (Å²) in [6.45, 7) is 4.15. The Hall–Kier alpha value is -2.45. The van der Waals surface area contributed by atoms with Crippen LogP contribution in [-0.4, -0.2) is 46.4 Å². The molecule has 1 fully saturated rings. The first-order valence-electron chi connectivity index (χ1n) is 8.60. The first-order chi connectivity index (χ1) is 12.6. The Kier molecular flexibility index (Phi) is 5.85. The molecule has 1 aromatic carbocycles. The molecule has 1 aromatic heterocycles. The Morgan fingerprint density at radius 3 is 2.81 bits per heavy atom. The van der Waals surface area contributed by atoms with Crippen LogP contribution in [0.5, 0.6) is 0 Å². The number of carbonyl (C=O) groups is 2. The normalized spacial score (nSPS) is 14.8. The molecule has 0 unspecified atom stereocenters. The van der Waals surface area contributed by atoms with Gasteiger partial charge in [0.2, 0.25) is 0 Å². The van der Waals surface area contributed by atoms with E-state index in [2.05, 4.69) is 26.3 Å². The van der Waals surface area contributed by atoms with Gasteiger partial charge in [-0.25, -0.2) is 4.68 Å². The van der Waals surface area contributed by atoms with E-state index < -0.39 is 5.91 Å². The molecule has 1 aliphatic rings. The first-order valence-corrected chi connectivity index (χ1v) is 8.98. The van der Waals surface area contributed by atoms with Crippen LogP contribution in [0.2, 0.25) is 5.02 Å².